The molecule has 0 bridgehead atoms. The molecule has 0 fully saturated rings. The maximum atomic E-state index is 12.4. The predicted molar refractivity (Wildman–Crippen MR) is 87.9 cm³/mol. The van der Waals surface area contributed by atoms with Gasteiger partial charge in [0.25, 0.3) is 0 Å². The van der Waals surface area contributed by atoms with Crippen molar-refractivity contribution in [3.05, 3.63) is 35.2 Å². The van der Waals surface area contributed by atoms with Crippen LogP contribution in [-0.4, -0.2) is 36.7 Å². The number of hydrogen-bond donors (Lipinski definition) is 0. The smallest absolute Gasteiger partial charge is 0.437 e. The van der Waals surface area contributed by atoms with Gasteiger partial charge in [-0.05, 0) is 48.8 Å². The molecule has 3 aromatic heterocycles. The van der Waals surface area contributed by atoms with Gasteiger partial charge in [0.05, 0.1) is 12.4 Å². The summed E-state index contributed by atoms with van der Waals surface area (Å²) in [7, 11) is 0. The molecule has 0 aromatic carbocycles. The third-order valence-corrected chi connectivity index (χ3v) is 3.35. The van der Waals surface area contributed by atoms with Gasteiger partial charge in [-0.3, -0.25) is 0 Å². The molecule has 0 spiro atoms. The van der Waals surface area contributed by atoms with Gasteiger partial charge in [-0.25, -0.2) is 9.78 Å². The van der Waals surface area contributed by atoms with Gasteiger partial charge in [-0.2, -0.15) is 15.3 Å². The lowest BCUT2D eigenvalue weighted by molar-refractivity contribution is 0.0522. The average Bonchev–Trinajstić information content (AvgIpc) is 2.85. The van der Waals surface area contributed by atoms with Crippen LogP contribution in [0.2, 0.25) is 0 Å². The topological polar surface area (TPSA) is 82.8 Å². The number of carbonyl (C=O) groups excluding carboxylic acids is 1. The van der Waals surface area contributed by atoms with E-state index in [0.29, 0.717) is 11.3 Å². The fourth-order valence-electron chi connectivity index (χ4n) is 2.05. The second-order valence-electron chi connectivity index (χ2n) is 5.90. The van der Waals surface area contributed by atoms with E-state index in [9.17, 15) is 4.79 Å². The van der Waals surface area contributed by atoms with Crippen LogP contribution in [0.5, 0.6) is 0 Å². The minimum Gasteiger partial charge on any atom is -0.442 e. The Morgan fingerprint density at radius 1 is 1.26 bits per heavy atom. The van der Waals surface area contributed by atoms with Crippen molar-refractivity contribution in [2.45, 2.75) is 26.4 Å². The van der Waals surface area contributed by atoms with Crippen LogP contribution in [0.1, 0.15) is 20.8 Å². The van der Waals surface area contributed by atoms with E-state index in [1.54, 1.807) is 45.4 Å². The molecule has 118 valence electrons. The highest BCUT2D eigenvalue weighted by Crippen LogP contribution is 2.28. The van der Waals surface area contributed by atoms with Gasteiger partial charge in [-0.15, -0.1) is 4.68 Å². The minimum absolute atomic E-state index is 0.425. The molecule has 0 unspecified atom stereocenters. The molecule has 0 amide bonds. The number of ether oxygens (including phenoxy) is 1. The van der Waals surface area contributed by atoms with Gasteiger partial charge < -0.3 is 4.74 Å². The summed E-state index contributed by atoms with van der Waals surface area (Å²) in [6.07, 6.45) is 4.19. The second-order valence-corrected chi connectivity index (χ2v) is 6.81. The zero-order valence-corrected chi connectivity index (χ0v) is 14.4. The van der Waals surface area contributed by atoms with Crippen LogP contribution >= 0.6 is 15.9 Å². The summed E-state index contributed by atoms with van der Waals surface area (Å²) in [5.74, 6) is 0. The maximum absolute atomic E-state index is 12.4. The highest BCUT2D eigenvalue weighted by molar-refractivity contribution is 9.10. The van der Waals surface area contributed by atoms with Crippen LogP contribution in [0.3, 0.4) is 0 Å². The molecule has 0 aliphatic rings. The lowest BCUT2D eigenvalue weighted by atomic mass is 10.1. The van der Waals surface area contributed by atoms with Crippen molar-refractivity contribution in [3.63, 3.8) is 0 Å². The zero-order valence-electron chi connectivity index (χ0n) is 12.8. The molecular formula is C15H14BrN5O2. The molecule has 3 rings (SSSR count). The van der Waals surface area contributed by atoms with Gasteiger partial charge in [0, 0.05) is 21.6 Å². The molecule has 23 heavy (non-hydrogen) atoms. The number of hydrogen-bond acceptors (Lipinski definition) is 6. The summed E-state index contributed by atoms with van der Waals surface area (Å²) in [6, 6.07) is 3.63. The Bertz CT molecular complexity index is 871. The van der Waals surface area contributed by atoms with Crippen LogP contribution in [0.4, 0.5) is 4.79 Å². The number of halogens is 1. The number of rotatable bonds is 1. The molecule has 0 radical (unpaired) electrons. The number of pyridine rings is 1. The first-order valence-electron chi connectivity index (χ1n) is 6.90. The zero-order chi connectivity index (χ0) is 16.6. The first-order valence-corrected chi connectivity index (χ1v) is 7.69. The molecule has 0 aliphatic carbocycles. The molecule has 0 saturated heterocycles. The first kappa shape index (κ1) is 15.5. The highest BCUT2D eigenvalue weighted by atomic mass is 79.9. The van der Waals surface area contributed by atoms with Crippen molar-refractivity contribution in [1.82, 2.24) is 25.0 Å². The standard InChI is InChI=1S/C15H14BrN5O2/c1-15(2,3)23-14(22)21-13-11(6-10(16)8-17-13)12(20-21)9-4-5-18-19-7-9/h4-8H,1-3H3. The first-order chi connectivity index (χ1) is 10.8. The quantitative estimate of drug-likeness (QED) is 0.647. The number of aromatic nitrogens is 5. The van der Waals surface area contributed by atoms with Crippen molar-refractivity contribution < 1.29 is 9.53 Å². The van der Waals surface area contributed by atoms with E-state index in [2.05, 4.69) is 36.2 Å². The molecule has 0 saturated carbocycles. The van der Waals surface area contributed by atoms with Gasteiger partial charge >= 0.3 is 6.09 Å². The summed E-state index contributed by atoms with van der Waals surface area (Å²) in [5, 5.41) is 12.7. The third-order valence-electron chi connectivity index (χ3n) is 2.91. The van der Waals surface area contributed by atoms with Gasteiger partial charge in [0.15, 0.2) is 5.65 Å². The van der Waals surface area contributed by atoms with Crippen LogP contribution < -0.4 is 0 Å². The van der Waals surface area contributed by atoms with Crippen LogP contribution in [0.25, 0.3) is 22.3 Å². The van der Waals surface area contributed by atoms with Crippen molar-refractivity contribution in [1.29, 1.82) is 0 Å². The predicted octanol–water partition coefficient (Wildman–Crippen LogP) is 3.43. The molecule has 7 nitrogen and oxygen atoms in total. The average molecular weight is 376 g/mol. The van der Waals surface area contributed by atoms with E-state index < -0.39 is 11.7 Å². The lowest BCUT2D eigenvalue weighted by Gasteiger charge is -2.18. The molecule has 0 aliphatic heterocycles. The van der Waals surface area contributed by atoms with Gasteiger partial charge in [-0.1, -0.05) is 0 Å². The Labute approximate surface area is 140 Å². The second kappa shape index (κ2) is 5.69. The summed E-state index contributed by atoms with van der Waals surface area (Å²) >= 11 is 3.39. The van der Waals surface area contributed by atoms with Crippen LogP contribution in [0, 0.1) is 0 Å². The van der Waals surface area contributed by atoms with Crippen molar-refractivity contribution in [2.24, 2.45) is 0 Å². The fourth-order valence-corrected chi connectivity index (χ4v) is 2.38. The highest BCUT2D eigenvalue weighted by Gasteiger charge is 2.23. The lowest BCUT2D eigenvalue weighted by Crippen LogP contribution is -2.27. The molecular weight excluding hydrogens is 362 g/mol. The Kier molecular flexibility index (Phi) is 3.85. The normalized spacial score (nSPS) is 11.7. The monoisotopic (exact) mass is 375 g/mol. The van der Waals surface area contributed by atoms with Crippen LogP contribution in [-0.2, 0) is 4.74 Å². The Morgan fingerprint density at radius 2 is 2.04 bits per heavy atom. The Hall–Kier alpha value is -2.35. The van der Waals surface area contributed by atoms with Crippen molar-refractivity contribution in [2.75, 3.05) is 0 Å². The van der Waals surface area contributed by atoms with Crippen molar-refractivity contribution in [3.8, 4) is 11.3 Å². The van der Waals surface area contributed by atoms with Crippen molar-refractivity contribution >= 4 is 33.1 Å². The number of carbonyl (C=O) groups is 1. The minimum atomic E-state index is -0.622. The SMILES string of the molecule is CC(C)(C)OC(=O)n1nc(-c2ccnnc2)c2cc(Br)cnc21. The number of fused-ring (bicyclic) bond motifs is 1. The molecule has 0 N–H and O–H groups in total. The van der Waals surface area contributed by atoms with E-state index in [-0.39, 0.29) is 0 Å². The number of nitrogens with zero attached hydrogens (tertiary/aromatic N) is 5. The van der Waals surface area contributed by atoms with E-state index in [0.717, 1.165) is 15.4 Å². The molecule has 8 heteroatoms. The van der Waals surface area contributed by atoms with E-state index >= 15 is 0 Å². The van der Waals surface area contributed by atoms with E-state index in [1.807, 2.05) is 6.07 Å². The maximum Gasteiger partial charge on any atom is 0.437 e. The summed E-state index contributed by atoms with van der Waals surface area (Å²) in [5.41, 5.74) is 1.14. The van der Waals surface area contributed by atoms with Gasteiger partial charge in [0.1, 0.15) is 11.3 Å². The Morgan fingerprint density at radius 3 is 2.70 bits per heavy atom. The summed E-state index contributed by atoms with van der Waals surface area (Å²) < 4.78 is 7.35. The third kappa shape index (κ3) is 3.21. The molecule has 0 atom stereocenters. The van der Waals surface area contributed by atoms with E-state index in [1.165, 1.54) is 4.68 Å². The summed E-state index contributed by atoms with van der Waals surface area (Å²) in [6.45, 7) is 5.40. The van der Waals surface area contributed by atoms with E-state index in [4.69, 9.17) is 4.74 Å². The summed E-state index contributed by atoms with van der Waals surface area (Å²) in [4.78, 5) is 16.7. The largest absolute Gasteiger partial charge is 0.442 e. The Balaban J connectivity index is 2.19. The molecule has 3 aromatic rings. The van der Waals surface area contributed by atoms with Crippen LogP contribution in [0.15, 0.2) is 35.2 Å². The molecule has 3 heterocycles. The fraction of sp³-hybridized carbons (Fsp3) is 0.267. The van der Waals surface area contributed by atoms with Gasteiger partial charge in [0.2, 0.25) is 0 Å².